The molecule has 2 aliphatic rings. The van der Waals surface area contributed by atoms with Crippen molar-refractivity contribution in [1.82, 2.24) is 14.8 Å². The van der Waals surface area contributed by atoms with Crippen molar-refractivity contribution in [2.75, 3.05) is 50.7 Å². The number of amidine groups is 1. The lowest BCUT2D eigenvalue weighted by Crippen LogP contribution is -2.49. The SMILES string of the molecule is N=C1C(c2nc3ccccc3s2)=C(O)CN1CCN1CCN(c2ccccc2F)CC1. The number of halogens is 1. The summed E-state index contributed by atoms with van der Waals surface area (Å²) >= 11 is 1.51. The van der Waals surface area contributed by atoms with Gasteiger partial charge in [-0.2, -0.15) is 0 Å². The van der Waals surface area contributed by atoms with Crippen LogP contribution < -0.4 is 4.90 Å². The molecule has 160 valence electrons. The number of hydrogen-bond donors (Lipinski definition) is 2. The van der Waals surface area contributed by atoms with Crippen LogP contribution in [0.3, 0.4) is 0 Å². The zero-order valence-electron chi connectivity index (χ0n) is 17.1. The fourth-order valence-electron chi connectivity index (χ4n) is 4.21. The van der Waals surface area contributed by atoms with Gasteiger partial charge in [0.15, 0.2) is 0 Å². The summed E-state index contributed by atoms with van der Waals surface area (Å²) in [5, 5.41) is 19.8. The first-order valence-electron chi connectivity index (χ1n) is 10.4. The minimum absolute atomic E-state index is 0.176. The predicted octanol–water partition coefficient (Wildman–Crippen LogP) is 3.82. The van der Waals surface area contributed by atoms with Crippen molar-refractivity contribution in [1.29, 1.82) is 5.41 Å². The molecule has 8 heteroatoms. The van der Waals surface area contributed by atoms with Crippen LogP contribution in [0.5, 0.6) is 0 Å². The number of hydrogen-bond acceptors (Lipinski definition) is 6. The average molecular weight is 438 g/mol. The van der Waals surface area contributed by atoms with Gasteiger partial charge in [0.2, 0.25) is 0 Å². The zero-order chi connectivity index (χ0) is 21.4. The number of fused-ring (bicyclic) bond motifs is 1. The number of aliphatic hydroxyl groups is 1. The van der Waals surface area contributed by atoms with Gasteiger partial charge < -0.3 is 14.9 Å². The second kappa shape index (κ2) is 8.28. The number of thiazole rings is 1. The summed E-state index contributed by atoms with van der Waals surface area (Å²) in [5.74, 6) is 0.375. The van der Waals surface area contributed by atoms with Gasteiger partial charge in [-0.3, -0.25) is 10.3 Å². The van der Waals surface area contributed by atoms with Crippen molar-refractivity contribution in [3.05, 3.63) is 65.1 Å². The van der Waals surface area contributed by atoms with Gasteiger partial charge in [-0.25, -0.2) is 9.37 Å². The van der Waals surface area contributed by atoms with E-state index in [4.69, 9.17) is 5.41 Å². The van der Waals surface area contributed by atoms with Crippen LogP contribution in [0.15, 0.2) is 54.3 Å². The van der Waals surface area contributed by atoms with Crippen LogP contribution in [-0.4, -0.2) is 71.5 Å². The van der Waals surface area contributed by atoms with Crippen molar-refractivity contribution < 1.29 is 9.50 Å². The van der Waals surface area contributed by atoms with Crippen LogP contribution >= 0.6 is 11.3 Å². The third-order valence-electron chi connectivity index (χ3n) is 5.94. The summed E-state index contributed by atoms with van der Waals surface area (Å²) in [4.78, 5) is 10.9. The molecule has 31 heavy (non-hydrogen) atoms. The molecule has 2 N–H and O–H groups in total. The summed E-state index contributed by atoms with van der Waals surface area (Å²) in [7, 11) is 0. The van der Waals surface area contributed by atoms with Crippen LogP contribution in [0.2, 0.25) is 0 Å². The van der Waals surface area contributed by atoms with Gasteiger partial charge >= 0.3 is 0 Å². The van der Waals surface area contributed by atoms with Crippen LogP contribution in [0.1, 0.15) is 5.01 Å². The minimum Gasteiger partial charge on any atom is -0.510 e. The van der Waals surface area contributed by atoms with Crippen LogP contribution in [0.25, 0.3) is 15.8 Å². The first-order chi connectivity index (χ1) is 15.1. The molecule has 5 rings (SSSR count). The van der Waals surface area contributed by atoms with Gasteiger partial charge in [-0.1, -0.05) is 24.3 Å². The van der Waals surface area contributed by atoms with Gasteiger partial charge in [0.05, 0.1) is 28.0 Å². The van der Waals surface area contributed by atoms with E-state index in [0.717, 1.165) is 42.9 Å². The van der Waals surface area contributed by atoms with E-state index in [1.165, 1.54) is 17.4 Å². The second-order valence-electron chi connectivity index (χ2n) is 7.86. The third kappa shape index (κ3) is 3.88. The van der Waals surface area contributed by atoms with Crippen molar-refractivity contribution in [2.45, 2.75) is 0 Å². The van der Waals surface area contributed by atoms with Crippen molar-refractivity contribution in [3.8, 4) is 0 Å². The second-order valence-corrected chi connectivity index (χ2v) is 8.89. The first-order valence-corrected chi connectivity index (χ1v) is 11.3. The largest absolute Gasteiger partial charge is 0.510 e. The predicted molar refractivity (Wildman–Crippen MR) is 124 cm³/mol. The van der Waals surface area contributed by atoms with E-state index in [1.807, 2.05) is 41.3 Å². The average Bonchev–Trinajstić information content (AvgIpc) is 3.32. The highest BCUT2D eigenvalue weighted by Gasteiger charge is 2.31. The number of nitrogens with zero attached hydrogens (tertiary/aromatic N) is 4. The van der Waals surface area contributed by atoms with Crippen LogP contribution in [0.4, 0.5) is 10.1 Å². The van der Waals surface area contributed by atoms with Gasteiger partial charge in [-0.05, 0) is 24.3 Å². The molecule has 0 atom stereocenters. The van der Waals surface area contributed by atoms with Crippen molar-refractivity contribution in [2.24, 2.45) is 0 Å². The zero-order valence-corrected chi connectivity index (χ0v) is 17.9. The maximum absolute atomic E-state index is 14.0. The Morgan fingerprint density at radius 1 is 1.00 bits per heavy atom. The molecule has 1 aromatic heterocycles. The Kier molecular flexibility index (Phi) is 5.33. The quantitative estimate of drug-likeness (QED) is 0.635. The summed E-state index contributed by atoms with van der Waals surface area (Å²) in [6.07, 6.45) is 0. The van der Waals surface area contributed by atoms with Gasteiger partial charge in [0.1, 0.15) is 22.4 Å². The Balaban J connectivity index is 1.18. The number of piperazine rings is 1. The lowest BCUT2D eigenvalue weighted by atomic mass is 10.2. The Bertz CT molecular complexity index is 1120. The monoisotopic (exact) mass is 437 g/mol. The lowest BCUT2D eigenvalue weighted by molar-refractivity contribution is 0.233. The maximum Gasteiger partial charge on any atom is 0.146 e. The number of nitrogens with one attached hydrogen (secondary N) is 1. The number of aliphatic hydroxyl groups excluding tert-OH is 1. The number of benzene rings is 2. The molecule has 1 saturated heterocycles. The molecule has 2 aromatic carbocycles. The molecule has 0 saturated carbocycles. The van der Waals surface area contributed by atoms with E-state index in [9.17, 15) is 9.50 Å². The number of rotatable bonds is 5. The smallest absolute Gasteiger partial charge is 0.146 e. The minimum atomic E-state index is -0.176. The lowest BCUT2D eigenvalue weighted by Gasteiger charge is -2.37. The van der Waals surface area contributed by atoms with E-state index in [2.05, 4.69) is 14.8 Å². The summed E-state index contributed by atoms with van der Waals surface area (Å²) < 4.78 is 15.1. The number of anilines is 1. The highest BCUT2D eigenvalue weighted by atomic mass is 32.1. The van der Waals surface area contributed by atoms with Gasteiger partial charge in [0.25, 0.3) is 0 Å². The Morgan fingerprint density at radius 3 is 2.52 bits per heavy atom. The van der Waals surface area contributed by atoms with E-state index in [0.29, 0.717) is 35.2 Å². The molecule has 1 fully saturated rings. The molecule has 6 nitrogen and oxygen atoms in total. The Morgan fingerprint density at radius 2 is 1.74 bits per heavy atom. The Hall–Kier alpha value is -2.97. The fraction of sp³-hybridized carbons (Fsp3) is 0.304. The van der Waals surface area contributed by atoms with Crippen molar-refractivity contribution in [3.63, 3.8) is 0 Å². The Labute approximate surface area is 184 Å². The normalized spacial score (nSPS) is 17.9. The first kappa shape index (κ1) is 20.0. The topological polar surface area (TPSA) is 66.7 Å². The number of para-hydroxylation sites is 2. The van der Waals surface area contributed by atoms with Gasteiger partial charge in [0, 0.05) is 39.3 Å². The maximum atomic E-state index is 14.0. The third-order valence-corrected chi connectivity index (χ3v) is 7.00. The molecule has 0 aliphatic carbocycles. The highest BCUT2D eigenvalue weighted by Crippen LogP contribution is 2.33. The summed E-state index contributed by atoms with van der Waals surface area (Å²) in [6, 6.07) is 14.8. The molecule has 0 radical (unpaired) electrons. The van der Waals surface area contributed by atoms with E-state index < -0.39 is 0 Å². The molecular weight excluding hydrogens is 413 g/mol. The van der Waals surface area contributed by atoms with Gasteiger partial charge in [-0.15, -0.1) is 11.3 Å². The van der Waals surface area contributed by atoms with E-state index in [1.54, 1.807) is 6.07 Å². The van der Waals surface area contributed by atoms with Crippen LogP contribution in [0, 0.1) is 11.2 Å². The molecule has 0 spiro atoms. The van der Waals surface area contributed by atoms with E-state index in [-0.39, 0.29) is 11.6 Å². The summed E-state index contributed by atoms with van der Waals surface area (Å²) in [6.45, 7) is 5.06. The molecule has 0 amide bonds. The molecular formula is C23H24FN5OS. The highest BCUT2D eigenvalue weighted by molar-refractivity contribution is 7.19. The molecule has 3 heterocycles. The standard InChI is InChI=1S/C23H24FN5OS/c24-16-5-1-3-7-18(16)28-12-9-27(10-13-28)11-14-29-15-19(30)21(22(29)25)23-26-17-6-2-4-8-20(17)31-23/h1-8,25,30H,9-15H2. The molecule has 2 aliphatic heterocycles. The molecule has 0 unspecified atom stereocenters. The summed E-state index contributed by atoms with van der Waals surface area (Å²) in [5.41, 5.74) is 2.10. The molecule has 0 bridgehead atoms. The van der Waals surface area contributed by atoms with Crippen LogP contribution in [-0.2, 0) is 0 Å². The number of aromatic nitrogens is 1. The fourth-order valence-corrected chi connectivity index (χ4v) is 5.24. The van der Waals surface area contributed by atoms with Crippen molar-refractivity contribution >= 4 is 38.6 Å². The van der Waals surface area contributed by atoms with E-state index >= 15 is 0 Å². The molecule has 3 aromatic rings.